The zero-order valence-electron chi connectivity index (χ0n) is 25.3. The van der Waals surface area contributed by atoms with Gasteiger partial charge in [-0.3, -0.25) is 14.4 Å². The quantitative estimate of drug-likeness (QED) is 0.367. The fraction of sp³-hybridized carbons (Fsp3) is 0.394. The standard InChI is InChI=1S/C33H40N4O4/c1-9-21-17(5)25(13-28-22(10-2)19(7)31(38)36-28)34-27(21)15-30-24(12-16(4)33(40)41)18(6)26(35-30)14-29-23(11-3)20(8)32(39)37-29/h13-16,34-35H,9-12H2,1-8H3,(H,36,38)(H,40,41)/b26-14+,28-13-,30-15-. The Morgan fingerprint density at radius 2 is 1.51 bits per heavy atom. The monoisotopic (exact) mass is 556 g/mol. The number of hydrogen-bond acceptors (Lipinski definition) is 3. The van der Waals surface area contributed by atoms with E-state index in [9.17, 15) is 19.5 Å². The third-order valence-electron chi connectivity index (χ3n) is 8.42. The number of allylic oxidation sites excluding steroid dienone is 2. The van der Waals surface area contributed by atoms with Crippen molar-refractivity contribution in [2.24, 2.45) is 10.9 Å². The summed E-state index contributed by atoms with van der Waals surface area (Å²) in [7, 11) is 0. The molecule has 0 saturated heterocycles. The van der Waals surface area contributed by atoms with Crippen LogP contribution in [0.5, 0.6) is 0 Å². The molecule has 2 aliphatic heterocycles. The SMILES string of the molecule is CCC1=C(C)C(=O)N=C1/C=c1/[nH]/c(=C\c2[nH]c(/C=C3\NC(=O)C(C)=C3CC)c(C)c2CC)c(CC(C)C(=O)O)c1C. The summed E-state index contributed by atoms with van der Waals surface area (Å²) in [6.45, 7) is 15.6. The van der Waals surface area contributed by atoms with E-state index in [1.807, 2.05) is 45.9 Å². The Labute approximate surface area is 240 Å². The molecule has 8 nitrogen and oxygen atoms in total. The number of hydrogen-bond donors (Lipinski definition) is 4. The molecule has 0 aliphatic carbocycles. The summed E-state index contributed by atoms with van der Waals surface area (Å²) in [6, 6.07) is 0. The molecule has 0 spiro atoms. The van der Waals surface area contributed by atoms with Gasteiger partial charge in [0.2, 0.25) is 0 Å². The average Bonchev–Trinajstić information content (AvgIpc) is 3.57. The summed E-state index contributed by atoms with van der Waals surface area (Å²) in [6.07, 6.45) is 8.54. The van der Waals surface area contributed by atoms with E-state index >= 15 is 0 Å². The van der Waals surface area contributed by atoms with Gasteiger partial charge in [-0.2, -0.15) is 0 Å². The van der Waals surface area contributed by atoms with Crippen LogP contribution in [0.3, 0.4) is 0 Å². The normalized spacial score (nSPS) is 18.3. The van der Waals surface area contributed by atoms with Gasteiger partial charge in [0.25, 0.3) is 11.8 Å². The summed E-state index contributed by atoms with van der Waals surface area (Å²) < 4.78 is 0. The highest BCUT2D eigenvalue weighted by Crippen LogP contribution is 2.28. The van der Waals surface area contributed by atoms with Crippen molar-refractivity contribution < 1.29 is 19.5 Å². The fourth-order valence-electron chi connectivity index (χ4n) is 5.79. The highest BCUT2D eigenvalue weighted by Gasteiger charge is 2.24. The van der Waals surface area contributed by atoms with Crippen molar-refractivity contribution in [3.63, 3.8) is 0 Å². The van der Waals surface area contributed by atoms with Crippen molar-refractivity contribution >= 4 is 41.7 Å². The number of H-pyrrole nitrogens is 2. The Bertz CT molecular complexity index is 1710. The Morgan fingerprint density at radius 3 is 2.12 bits per heavy atom. The largest absolute Gasteiger partial charge is 0.481 e. The van der Waals surface area contributed by atoms with Gasteiger partial charge >= 0.3 is 5.97 Å². The van der Waals surface area contributed by atoms with E-state index in [-0.39, 0.29) is 11.8 Å². The van der Waals surface area contributed by atoms with Crippen molar-refractivity contribution in [1.29, 1.82) is 0 Å². The molecular formula is C33H40N4O4. The van der Waals surface area contributed by atoms with Crippen LogP contribution in [0.25, 0.3) is 18.2 Å². The van der Waals surface area contributed by atoms with Crippen LogP contribution in [0.1, 0.15) is 88.0 Å². The second-order valence-electron chi connectivity index (χ2n) is 10.9. The number of aliphatic carboxylic acids is 1. The molecule has 1 atom stereocenters. The van der Waals surface area contributed by atoms with Crippen molar-refractivity contribution in [2.75, 3.05) is 0 Å². The van der Waals surface area contributed by atoms with Gasteiger partial charge < -0.3 is 20.4 Å². The number of carboxylic acid groups (broad SMARTS) is 1. The molecule has 0 fully saturated rings. The third kappa shape index (κ3) is 5.56. The van der Waals surface area contributed by atoms with Gasteiger partial charge in [-0.15, -0.1) is 0 Å². The Hall–Kier alpha value is -4.20. The van der Waals surface area contributed by atoms with Gasteiger partial charge in [0.15, 0.2) is 0 Å². The van der Waals surface area contributed by atoms with E-state index in [1.165, 1.54) is 0 Å². The lowest BCUT2D eigenvalue weighted by atomic mass is 9.98. The maximum absolute atomic E-state index is 12.3. The number of amides is 2. The molecule has 2 aromatic heterocycles. The zero-order chi connectivity index (χ0) is 30.2. The first kappa shape index (κ1) is 29.8. The fourth-order valence-corrected chi connectivity index (χ4v) is 5.79. The predicted molar refractivity (Wildman–Crippen MR) is 163 cm³/mol. The minimum absolute atomic E-state index is 0.0625. The van der Waals surface area contributed by atoms with E-state index in [0.717, 1.165) is 79.6 Å². The van der Waals surface area contributed by atoms with Crippen LogP contribution in [0.2, 0.25) is 0 Å². The van der Waals surface area contributed by atoms with Crippen LogP contribution in [0.4, 0.5) is 0 Å². The summed E-state index contributed by atoms with van der Waals surface area (Å²) in [4.78, 5) is 47.7. The molecule has 216 valence electrons. The summed E-state index contributed by atoms with van der Waals surface area (Å²) >= 11 is 0. The van der Waals surface area contributed by atoms with Crippen LogP contribution >= 0.6 is 0 Å². The van der Waals surface area contributed by atoms with Crippen LogP contribution in [0, 0.1) is 19.8 Å². The lowest BCUT2D eigenvalue weighted by Gasteiger charge is -2.06. The Balaban J connectivity index is 1.90. The van der Waals surface area contributed by atoms with E-state index < -0.39 is 11.9 Å². The van der Waals surface area contributed by atoms with Crippen molar-refractivity contribution in [3.05, 3.63) is 72.3 Å². The predicted octanol–water partition coefficient (Wildman–Crippen LogP) is 4.30. The molecule has 1 unspecified atom stereocenters. The molecule has 2 aliphatic rings. The number of aromatic nitrogens is 2. The number of carbonyl (C=O) groups excluding carboxylic acids is 2. The summed E-state index contributed by atoms with van der Waals surface area (Å²) in [5.41, 5.74) is 10.8. The second kappa shape index (κ2) is 11.7. The smallest absolute Gasteiger partial charge is 0.306 e. The minimum Gasteiger partial charge on any atom is -0.481 e. The molecule has 4 N–H and O–H groups in total. The molecule has 4 heterocycles. The van der Waals surface area contributed by atoms with Gasteiger partial charge in [-0.1, -0.05) is 27.7 Å². The number of rotatable bonds is 9. The Morgan fingerprint density at radius 1 is 0.829 bits per heavy atom. The van der Waals surface area contributed by atoms with Gasteiger partial charge in [-0.25, -0.2) is 4.99 Å². The number of nitrogens with one attached hydrogen (secondary N) is 3. The first-order valence-corrected chi connectivity index (χ1v) is 14.3. The number of aliphatic imine (C=N–C) groups is 1. The van der Waals surface area contributed by atoms with Gasteiger partial charge in [0, 0.05) is 38.9 Å². The topological polar surface area (TPSA) is 127 Å². The van der Waals surface area contributed by atoms with Crippen LogP contribution in [0.15, 0.2) is 33.0 Å². The number of carboxylic acids is 1. The van der Waals surface area contributed by atoms with E-state index in [1.54, 1.807) is 13.8 Å². The molecule has 0 radical (unpaired) electrons. The molecule has 2 aromatic rings. The van der Waals surface area contributed by atoms with E-state index in [4.69, 9.17) is 0 Å². The molecular weight excluding hydrogens is 516 g/mol. The highest BCUT2D eigenvalue weighted by atomic mass is 16.4. The third-order valence-corrected chi connectivity index (χ3v) is 8.42. The number of carbonyl (C=O) groups is 3. The molecule has 0 aromatic carbocycles. The molecule has 4 rings (SSSR count). The lowest BCUT2D eigenvalue weighted by molar-refractivity contribution is -0.141. The first-order chi connectivity index (χ1) is 19.4. The van der Waals surface area contributed by atoms with Crippen molar-refractivity contribution in [1.82, 2.24) is 15.3 Å². The van der Waals surface area contributed by atoms with Crippen molar-refractivity contribution in [2.45, 2.75) is 81.1 Å². The number of aromatic amines is 2. The zero-order valence-corrected chi connectivity index (χ0v) is 25.3. The van der Waals surface area contributed by atoms with Crippen molar-refractivity contribution in [3.8, 4) is 0 Å². The maximum Gasteiger partial charge on any atom is 0.306 e. The molecule has 2 amide bonds. The van der Waals surface area contributed by atoms with Crippen LogP contribution < -0.4 is 16.0 Å². The molecule has 0 saturated carbocycles. The van der Waals surface area contributed by atoms with E-state index in [0.29, 0.717) is 24.1 Å². The average molecular weight is 557 g/mol. The number of nitrogens with zero attached hydrogens (tertiary/aromatic N) is 1. The van der Waals surface area contributed by atoms with Gasteiger partial charge in [0.05, 0.1) is 11.6 Å². The summed E-state index contributed by atoms with van der Waals surface area (Å²) in [5.74, 6) is -1.71. The van der Waals surface area contributed by atoms with Crippen LogP contribution in [-0.4, -0.2) is 38.6 Å². The maximum atomic E-state index is 12.3. The van der Waals surface area contributed by atoms with Crippen LogP contribution in [-0.2, 0) is 27.2 Å². The molecule has 8 heteroatoms. The van der Waals surface area contributed by atoms with Gasteiger partial charge in [0.1, 0.15) is 0 Å². The highest BCUT2D eigenvalue weighted by molar-refractivity contribution is 6.30. The molecule has 41 heavy (non-hydrogen) atoms. The molecule has 0 bridgehead atoms. The lowest BCUT2D eigenvalue weighted by Crippen LogP contribution is -2.18. The second-order valence-corrected chi connectivity index (χ2v) is 10.9. The van der Waals surface area contributed by atoms with Gasteiger partial charge in [-0.05, 0) is 105 Å². The summed E-state index contributed by atoms with van der Waals surface area (Å²) in [5, 5.41) is 14.3. The Kier molecular flexibility index (Phi) is 8.52. The van der Waals surface area contributed by atoms with E-state index in [2.05, 4.69) is 34.1 Å². The first-order valence-electron chi connectivity index (χ1n) is 14.3. The minimum atomic E-state index is -0.854.